The van der Waals surface area contributed by atoms with Gasteiger partial charge in [-0.1, -0.05) is 18.5 Å². The molecule has 1 unspecified atom stereocenters. The molecule has 0 aliphatic rings. The van der Waals surface area contributed by atoms with Crippen molar-refractivity contribution in [2.45, 2.75) is 30.7 Å². The van der Waals surface area contributed by atoms with E-state index in [1.807, 2.05) is 6.92 Å². The Kier molecular flexibility index (Phi) is 5.03. The summed E-state index contributed by atoms with van der Waals surface area (Å²) in [5.74, 6) is 2.44. The molecule has 0 saturated heterocycles. The first kappa shape index (κ1) is 14.8. The second kappa shape index (κ2) is 6.10. The topological polar surface area (TPSA) is 72.2 Å². The van der Waals surface area contributed by atoms with Crippen LogP contribution in [0, 0.1) is 12.3 Å². The fourth-order valence-electron chi connectivity index (χ4n) is 1.39. The normalized spacial score (nSPS) is 12.9. The Morgan fingerprint density at radius 2 is 2.22 bits per heavy atom. The van der Waals surface area contributed by atoms with Gasteiger partial charge in [-0.05, 0) is 24.6 Å². The van der Waals surface area contributed by atoms with Gasteiger partial charge in [0.25, 0.3) is 0 Å². The predicted molar refractivity (Wildman–Crippen MR) is 73.7 cm³/mol. The van der Waals surface area contributed by atoms with Crippen molar-refractivity contribution in [1.82, 2.24) is 4.72 Å². The minimum atomic E-state index is -3.62. The minimum absolute atomic E-state index is 0.0832. The SMILES string of the molecule is C#CCC(CC)NS(=O)(=O)c1ccc(Cl)c(N)c1. The van der Waals surface area contributed by atoms with Crippen LogP contribution in [-0.2, 0) is 10.0 Å². The molecule has 0 aliphatic carbocycles. The molecule has 6 heteroatoms. The van der Waals surface area contributed by atoms with Crippen LogP contribution in [0.2, 0.25) is 5.02 Å². The van der Waals surface area contributed by atoms with Crippen molar-refractivity contribution >= 4 is 27.3 Å². The van der Waals surface area contributed by atoms with E-state index in [0.29, 0.717) is 17.9 Å². The highest BCUT2D eigenvalue weighted by Gasteiger charge is 2.19. The van der Waals surface area contributed by atoms with Gasteiger partial charge in [0, 0.05) is 12.5 Å². The lowest BCUT2D eigenvalue weighted by molar-refractivity contribution is 0.544. The number of nitrogens with one attached hydrogen (secondary N) is 1. The lowest BCUT2D eigenvalue weighted by Crippen LogP contribution is -2.34. The molecule has 0 aliphatic heterocycles. The number of terminal acetylenes is 1. The highest BCUT2D eigenvalue weighted by molar-refractivity contribution is 7.89. The third kappa shape index (κ3) is 3.64. The van der Waals surface area contributed by atoms with Gasteiger partial charge >= 0.3 is 0 Å². The van der Waals surface area contributed by atoms with Crippen molar-refractivity contribution < 1.29 is 8.42 Å². The summed E-state index contributed by atoms with van der Waals surface area (Å²) in [5, 5.41) is 0.324. The monoisotopic (exact) mass is 286 g/mol. The first-order chi connectivity index (χ1) is 8.40. The van der Waals surface area contributed by atoms with Crippen LogP contribution in [0.1, 0.15) is 19.8 Å². The van der Waals surface area contributed by atoms with E-state index in [-0.39, 0.29) is 16.6 Å². The summed E-state index contributed by atoms with van der Waals surface area (Å²) >= 11 is 5.75. The van der Waals surface area contributed by atoms with E-state index < -0.39 is 10.0 Å². The summed E-state index contributed by atoms with van der Waals surface area (Å²) in [5.41, 5.74) is 5.81. The summed E-state index contributed by atoms with van der Waals surface area (Å²) in [6.07, 6.45) is 6.15. The van der Waals surface area contributed by atoms with E-state index in [0.717, 1.165) is 0 Å². The molecular weight excluding hydrogens is 272 g/mol. The Morgan fingerprint density at radius 3 is 2.72 bits per heavy atom. The summed E-state index contributed by atoms with van der Waals surface area (Å²) in [6.45, 7) is 1.86. The van der Waals surface area contributed by atoms with Crippen LogP contribution in [0.5, 0.6) is 0 Å². The largest absolute Gasteiger partial charge is 0.397 e. The first-order valence-electron chi connectivity index (χ1n) is 5.41. The van der Waals surface area contributed by atoms with Crippen molar-refractivity contribution in [1.29, 1.82) is 0 Å². The van der Waals surface area contributed by atoms with Gasteiger partial charge in [0.2, 0.25) is 10.0 Å². The molecule has 0 amide bonds. The van der Waals surface area contributed by atoms with E-state index in [1.54, 1.807) is 0 Å². The predicted octanol–water partition coefficient (Wildman–Crippen LogP) is 2.00. The molecule has 0 spiro atoms. The number of nitrogen functional groups attached to an aromatic ring is 1. The van der Waals surface area contributed by atoms with E-state index in [2.05, 4.69) is 10.6 Å². The maximum atomic E-state index is 12.1. The van der Waals surface area contributed by atoms with Crippen molar-refractivity contribution in [3.05, 3.63) is 23.2 Å². The number of halogens is 1. The average molecular weight is 287 g/mol. The second-order valence-electron chi connectivity index (χ2n) is 3.82. The highest BCUT2D eigenvalue weighted by Crippen LogP contribution is 2.22. The Labute approximate surface area is 113 Å². The van der Waals surface area contributed by atoms with Gasteiger partial charge in [0.1, 0.15) is 0 Å². The van der Waals surface area contributed by atoms with Gasteiger partial charge < -0.3 is 5.73 Å². The Bertz CT molecular complexity index is 564. The number of rotatable bonds is 5. The Morgan fingerprint density at radius 1 is 1.56 bits per heavy atom. The molecule has 0 aromatic heterocycles. The quantitative estimate of drug-likeness (QED) is 0.642. The van der Waals surface area contributed by atoms with Crippen LogP contribution >= 0.6 is 11.6 Å². The number of benzene rings is 1. The number of sulfonamides is 1. The maximum absolute atomic E-state index is 12.1. The lowest BCUT2D eigenvalue weighted by Gasteiger charge is -2.15. The summed E-state index contributed by atoms with van der Waals surface area (Å²) in [4.78, 5) is 0.0832. The van der Waals surface area contributed by atoms with Gasteiger partial charge in [-0.15, -0.1) is 12.3 Å². The zero-order chi connectivity index (χ0) is 13.8. The van der Waals surface area contributed by atoms with Crippen molar-refractivity contribution in [3.8, 4) is 12.3 Å². The molecule has 1 aromatic carbocycles. The summed E-state index contributed by atoms with van der Waals surface area (Å²) in [7, 11) is -3.62. The number of hydrogen-bond donors (Lipinski definition) is 2. The molecule has 1 atom stereocenters. The highest BCUT2D eigenvalue weighted by atomic mass is 35.5. The molecule has 0 saturated carbocycles. The first-order valence-corrected chi connectivity index (χ1v) is 7.27. The maximum Gasteiger partial charge on any atom is 0.240 e. The van der Waals surface area contributed by atoms with Crippen molar-refractivity contribution in [2.75, 3.05) is 5.73 Å². The Hall–Kier alpha value is -1.22. The Balaban J connectivity index is 2.99. The van der Waals surface area contributed by atoms with Crippen LogP contribution in [0.3, 0.4) is 0 Å². The molecular formula is C12H15ClN2O2S. The third-order valence-corrected chi connectivity index (χ3v) is 4.32. The summed E-state index contributed by atoms with van der Waals surface area (Å²) < 4.78 is 26.7. The third-order valence-electron chi connectivity index (χ3n) is 2.46. The standard InChI is InChI=1S/C12H15ClN2O2S/c1-3-5-9(4-2)15-18(16,17)10-6-7-11(13)12(14)8-10/h1,6-9,15H,4-5,14H2,2H3. The number of hydrogen-bond acceptors (Lipinski definition) is 3. The van der Waals surface area contributed by atoms with E-state index in [4.69, 9.17) is 23.8 Å². The van der Waals surface area contributed by atoms with Gasteiger partial charge in [0.05, 0.1) is 15.6 Å². The van der Waals surface area contributed by atoms with Crippen LogP contribution in [0.4, 0.5) is 5.69 Å². The molecule has 3 N–H and O–H groups in total. The van der Waals surface area contributed by atoms with Crippen molar-refractivity contribution in [3.63, 3.8) is 0 Å². The zero-order valence-electron chi connectivity index (χ0n) is 9.98. The van der Waals surface area contributed by atoms with E-state index in [1.165, 1.54) is 18.2 Å². The summed E-state index contributed by atoms with van der Waals surface area (Å²) in [6, 6.07) is 3.90. The van der Waals surface area contributed by atoms with E-state index >= 15 is 0 Å². The van der Waals surface area contributed by atoms with Crippen LogP contribution in [0.15, 0.2) is 23.1 Å². The van der Waals surface area contributed by atoms with E-state index in [9.17, 15) is 8.42 Å². The molecule has 98 valence electrons. The smallest absolute Gasteiger partial charge is 0.240 e. The fourth-order valence-corrected chi connectivity index (χ4v) is 2.86. The average Bonchev–Trinajstić information content (AvgIpc) is 2.31. The molecule has 0 bridgehead atoms. The van der Waals surface area contributed by atoms with Gasteiger partial charge in [-0.25, -0.2) is 13.1 Å². The van der Waals surface area contributed by atoms with Crippen LogP contribution in [0.25, 0.3) is 0 Å². The fraction of sp³-hybridized carbons (Fsp3) is 0.333. The number of nitrogens with two attached hydrogens (primary N) is 1. The zero-order valence-corrected chi connectivity index (χ0v) is 11.6. The number of anilines is 1. The van der Waals surface area contributed by atoms with Gasteiger partial charge in [-0.3, -0.25) is 0 Å². The molecule has 1 aromatic rings. The lowest BCUT2D eigenvalue weighted by atomic mass is 10.2. The molecule has 0 heterocycles. The van der Waals surface area contributed by atoms with Gasteiger partial charge in [0.15, 0.2) is 0 Å². The van der Waals surface area contributed by atoms with Gasteiger partial charge in [-0.2, -0.15) is 0 Å². The molecule has 4 nitrogen and oxygen atoms in total. The van der Waals surface area contributed by atoms with Crippen LogP contribution < -0.4 is 10.5 Å². The van der Waals surface area contributed by atoms with Crippen LogP contribution in [-0.4, -0.2) is 14.5 Å². The molecule has 18 heavy (non-hydrogen) atoms. The second-order valence-corrected chi connectivity index (χ2v) is 5.94. The molecule has 1 rings (SSSR count). The molecule has 0 fully saturated rings. The van der Waals surface area contributed by atoms with Crippen molar-refractivity contribution in [2.24, 2.45) is 0 Å². The molecule has 0 radical (unpaired) electrons. The minimum Gasteiger partial charge on any atom is -0.397 e.